The van der Waals surface area contributed by atoms with Gasteiger partial charge in [0, 0.05) is 13.1 Å². The van der Waals surface area contributed by atoms with Crippen molar-refractivity contribution in [3.63, 3.8) is 0 Å². The first-order valence-electron chi connectivity index (χ1n) is 7.18. The van der Waals surface area contributed by atoms with Crippen LogP contribution in [0.1, 0.15) is 18.4 Å². The van der Waals surface area contributed by atoms with E-state index >= 15 is 0 Å². The summed E-state index contributed by atoms with van der Waals surface area (Å²) in [5, 5.41) is 2.89. The van der Waals surface area contributed by atoms with Crippen LogP contribution in [-0.4, -0.2) is 50.6 Å². The normalized spacial score (nSPS) is 10.4. The van der Waals surface area contributed by atoms with Crippen molar-refractivity contribution in [2.24, 2.45) is 0 Å². The van der Waals surface area contributed by atoms with Crippen LogP contribution in [0, 0.1) is 0 Å². The van der Waals surface area contributed by atoms with E-state index in [4.69, 9.17) is 0 Å². The second-order valence-corrected chi connectivity index (χ2v) is 5.00. The molecule has 1 amide bonds. The lowest BCUT2D eigenvalue weighted by molar-refractivity contribution is -0.141. The Hall–Kier alpha value is -1.88. The highest BCUT2D eigenvalue weighted by atomic mass is 16.5. The molecule has 0 bridgehead atoms. The van der Waals surface area contributed by atoms with Crippen molar-refractivity contribution in [1.29, 1.82) is 0 Å². The fraction of sp³-hybridized carbons (Fsp3) is 0.500. The van der Waals surface area contributed by atoms with Crippen LogP contribution in [0.5, 0.6) is 0 Å². The van der Waals surface area contributed by atoms with Crippen molar-refractivity contribution < 1.29 is 14.3 Å². The van der Waals surface area contributed by atoms with Crippen molar-refractivity contribution in [1.82, 2.24) is 10.2 Å². The van der Waals surface area contributed by atoms with Crippen LogP contribution in [-0.2, 0) is 20.7 Å². The van der Waals surface area contributed by atoms with E-state index in [9.17, 15) is 9.59 Å². The Morgan fingerprint density at radius 3 is 2.62 bits per heavy atom. The van der Waals surface area contributed by atoms with E-state index in [2.05, 4.69) is 22.2 Å². The number of amides is 1. The minimum Gasteiger partial charge on any atom is -0.469 e. The highest BCUT2D eigenvalue weighted by molar-refractivity contribution is 5.78. The Kier molecular flexibility index (Phi) is 8.12. The highest BCUT2D eigenvalue weighted by Crippen LogP contribution is 2.01. The van der Waals surface area contributed by atoms with E-state index in [1.54, 1.807) is 0 Å². The van der Waals surface area contributed by atoms with Gasteiger partial charge in [0.2, 0.25) is 5.91 Å². The number of hydrogen-bond acceptors (Lipinski definition) is 4. The van der Waals surface area contributed by atoms with Crippen molar-refractivity contribution in [3.05, 3.63) is 35.9 Å². The minimum absolute atomic E-state index is 0.0181. The average molecular weight is 292 g/mol. The van der Waals surface area contributed by atoms with Gasteiger partial charge in [-0.2, -0.15) is 0 Å². The van der Waals surface area contributed by atoms with Crippen LogP contribution in [0.3, 0.4) is 0 Å². The molecule has 1 aromatic rings. The van der Waals surface area contributed by atoms with E-state index in [1.807, 2.05) is 30.1 Å². The summed E-state index contributed by atoms with van der Waals surface area (Å²) in [5.74, 6) is -0.277. The highest BCUT2D eigenvalue weighted by Gasteiger charge is 2.08. The SMILES string of the molecule is COC(=O)CCN(C)CC(=O)NCCCc1ccccc1. The predicted molar refractivity (Wildman–Crippen MR) is 81.9 cm³/mol. The molecule has 0 aliphatic heterocycles. The van der Waals surface area contributed by atoms with Crippen molar-refractivity contribution in [2.75, 3.05) is 33.8 Å². The fourth-order valence-corrected chi connectivity index (χ4v) is 1.93. The summed E-state index contributed by atoms with van der Waals surface area (Å²) in [7, 11) is 3.17. The maximum Gasteiger partial charge on any atom is 0.306 e. The first-order chi connectivity index (χ1) is 10.1. The lowest BCUT2D eigenvalue weighted by atomic mass is 10.1. The maximum atomic E-state index is 11.7. The number of nitrogens with zero attached hydrogens (tertiary/aromatic N) is 1. The van der Waals surface area contributed by atoms with Gasteiger partial charge < -0.3 is 10.1 Å². The monoisotopic (exact) mass is 292 g/mol. The second-order valence-electron chi connectivity index (χ2n) is 5.00. The molecule has 0 saturated heterocycles. The molecule has 5 heteroatoms. The van der Waals surface area contributed by atoms with E-state index in [1.165, 1.54) is 12.7 Å². The molecule has 1 rings (SSSR count). The van der Waals surface area contributed by atoms with Crippen molar-refractivity contribution in [2.45, 2.75) is 19.3 Å². The molecule has 0 radical (unpaired) electrons. The van der Waals surface area contributed by atoms with Gasteiger partial charge in [-0.1, -0.05) is 30.3 Å². The van der Waals surface area contributed by atoms with Crippen molar-refractivity contribution >= 4 is 11.9 Å². The maximum absolute atomic E-state index is 11.7. The zero-order valence-corrected chi connectivity index (χ0v) is 12.8. The molecule has 0 aliphatic rings. The van der Waals surface area contributed by atoms with E-state index < -0.39 is 0 Å². The molecule has 0 heterocycles. The number of likely N-dealkylation sites (N-methyl/N-ethyl adjacent to an activating group) is 1. The number of esters is 1. The van der Waals surface area contributed by atoms with Crippen LogP contribution in [0.25, 0.3) is 0 Å². The Balaban J connectivity index is 2.09. The Morgan fingerprint density at radius 1 is 1.24 bits per heavy atom. The van der Waals surface area contributed by atoms with E-state index in [0.717, 1.165) is 12.8 Å². The quantitative estimate of drug-likeness (QED) is 0.549. The molecule has 1 aromatic carbocycles. The standard InChI is InChI=1S/C16H24N2O3/c1-18(12-10-16(20)21-2)13-15(19)17-11-6-9-14-7-4-3-5-8-14/h3-5,7-8H,6,9-13H2,1-2H3,(H,17,19). The number of carbonyl (C=O) groups is 2. The van der Waals surface area contributed by atoms with Gasteiger partial charge in [-0.3, -0.25) is 14.5 Å². The third kappa shape index (κ3) is 8.09. The Labute approximate surface area is 126 Å². The molecule has 0 saturated carbocycles. The van der Waals surface area contributed by atoms with Crippen LogP contribution < -0.4 is 5.32 Å². The molecule has 5 nitrogen and oxygen atoms in total. The van der Waals surface area contributed by atoms with Crippen LogP contribution in [0.15, 0.2) is 30.3 Å². The van der Waals surface area contributed by atoms with Gasteiger partial charge in [0.15, 0.2) is 0 Å². The summed E-state index contributed by atoms with van der Waals surface area (Å²) in [5.41, 5.74) is 1.28. The van der Waals surface area contributed by atoms with Gasteiger partial charge in [0.05, 0.1) is 20.1 Å². The zero-order valence-electron chi connectivity index (χ0n) is 12.8. The Morgan fingerprint density at radius 2 is 1.95 bits per heavy atom. The lowest BCUT2D eigenvalue weighted by Crippen LogP contribution is -2.36. The third-order valence-electron chi connectivity index (χ3n) is 3.15. The summed E-state index contributed by atoms with van der Waals surface area (Å²) >= 11 is 0. The second kappa shape index (κ2) is 9.94. The molecule has 0 aromatic heterocycles. The average Bonchev–Trinajstić information content (AvgIpc) is 2.50. The number of ether oxygens (including phenoxy) is 1. The lowest BCUT2D eigenvalue weighted by Gasteiger charge is -2.15. The molecule has 1 N–H and O–H groups in total. The minimum atomic E-state index is -0.259. The molecule has 0 fully saturated rings. The van der Waals surface area contributed by atoms with Crippen LogP contribution in [0.4, 0.5) is 0 Å². The molecule has 0 atom stereocenters. The number of aryl methyl sites for hydroxylation is 1. The molecule has 116 valence electrons. The number of methoxy groups -OCH3 is 1. The zero-order chi connectivity index (χ0) is 15.5. The Bertz CT molecular complexity index is 434. The topological polar surface area (TPSA) is 58.6 Å². The summed E-state index contributed by atoms with van der Waals surface area (Å²) in [6.07, 6.45) is 2.18. The van der Waals surface area contributed by atoms with E-state index in [0.29, 0.717) is 26.1 Å². The fourth-order valence-electron chi connectivity index (χ4n) is 1.93. The first-order valence-corrected chi connectivity index (χ1v) is 7.18. The number of carbonyl (C=O) groups excluding carboxylic acids is 2. The smallest absolute Gasteiger partial charge is 0.306 e. The van der Waals surface area contributed by atoms with Crippen molar-refractivity contribution in [3.8, 4) is 0 Å². The van der Waals surface area contributed by atoms with E-state index in [-0.39, 0.29) is 11.9 Å². The van der Waals surface area contributed by atoms with Gasteiger partial charge in [0.1, 0.15) is 0 Å². The molecular weight excluding hydrogens is 268 g/mol. The third-order valence-corrected chi connectivity index (χ3v) is 3.15. The molecule has 0 spiro atoms. The molecule has 21 heavy (non-hydrogen) atoms. The van der Waals surface area contributed by atoms with Gasteiger partial charge in [-0.05, 0) is 25.5 Å². The number of rotatable bonds is 9. The first kappa shape index (κ1) is 17.2. The molecular formula is C16H24N2O3. The molecule has 0 unspecified atom stereocenters. The van der Waals surface area contributed by atoms with Gasteiger partial charge >= 0.3 is 5.97 Å². The number of benzene rings is 1. The largest absolute Gasteiger partial charge is 0.469 e. The van der Waals surface area contributed by atoms with Gasteiger partial charge in [-0.15, -0.1) is 0 Å². The van der Waals surface area contributed by atoms with Gasteiger partial charge in [-0.25, -0.2) is 0 Å². The number of nitrogens with one attached hydrogen (secondary N) is 1. The summed E-state index contributed by atoms with van der Waals surface area (Å²) in [4.78, 5) is 24.5. The molecule has 0 aliphatic carbocycles. The van der Waals surface area contributed by atoms with Gasteiger partial charge in [0.25, 0.3) is 0 Å². The summed E-state index contributed by atoms with van der Waals surface area (Å²) < 4.78 is 4.56. The summed E-state index contributed by atoms with van der Waals surface area (Å²) in [6.45, 7) is 1.48. The van der Waals surface area contributed by atoms with Crippen LogP contribution >= 0.6 is 0 Å². The predicted octanol–water partition coefficient (Wildman–Crippen LogP) is 1.23. The van der Waals surface area contributed by atoms with Crippen LogP contribution in [0.2, 0.25) is 0 Å². The number of hydrogen-bond donors (Lipinski definition) is 1. The summed E-state index contributed by atoms with van der Waals surface area (Å²) in [6, 6.07) is 10.2.